The summed E-state index contributed by atoms with van der Waals surface area (Å²) < 4.78 is 6.39. The fraction of sp³-hybridized carbons (Fsp3) is 0.778. The van der Waals surface area contributed by atoms with Crippen molar-refractivity contribution in [3.63, 3.8) is 0 Å². The van der Waals surface area contributed by atoms with E-state index in [2.05, 4.69) is 34.6 Å². The number of rotatable bonds is 12. The Bertz CT molecular complexity index is 621. The molecule has 3 atom stereocenters. The van der Waals surface area contributed by atoms with Crippen molar-refractivity contribution in [3.05, 3.63) is 23.3 Å². The Kier molecular flexibility index (Phi) is 9.37. The maximum atomic E-state index is 9.92. The van der Waals surface area contributed by atoms with Crippen LogP contribution in [0.1, 0.15) is 110 Å². The zero-order chi connectivity index (χ0) is 21.4. The second-order valence-electron chi connectivity index (χ2n) is 10.6. The van der Waals surface area contributed by atoms with E-state index in [-0.39, 0.29) is 5.60 Å². The van der Waals surface area contributed by atoms with E-state index in [0.29, 0.717) is 5.75 Å². The number of aromatic hydroxyl groups is 1. The fourth-order valence-electron chi connectivity index (χ4n) is 4.81. The zero-order valence-corrected chi connectivity index (χ0v) is 20.0. The first-order valence-electron chi connectivity index (χ1n) is 12.2. The van der Waals surface area contributed by atoms with Crippen molar-refractivity contribution in [1.29, 1.82) is 0 Å². The molecular formula is C27H46O2. The number of hydrogen-bond acceptors (Lipinski definition) is 2. The number of hydrogen-bond donors (Lipinski definition) is 1. The molecule has 0 saturated carbocycles. The normalized spacial score (nSPS) is 20.9. The first-order chi connectivity index (χ1) is 13.7. The summed E-state index contributed by atoms with van der Waals surface area (Å²) in [4.78, 5) is 0. The van der Waals surface area contributed by atoms with Gasteiger partial charge in [-0.2, -0.15) is 0 Å². The summed E-state index contributed by atoms with van der Waals surface area (Å²) in [6.45, 7) is 13.8. The SMILES string of the molecule is Cc1c(O)ccc2c1CCC(C)(CCCC(C)CCCC(C)CCCC(C)C)O2. The molecule has 0 aromatic heterocycles. The summed E-state index contributed by atoms with van der Waals surface area (Å²) >= 11 is 0. The molecule has 3 unspecified atom stereocenters. The van der Waals surface area contributed by atoms with Crippen molar-refractivity contribution < 1.29 is 9.84 Å². The Morgan fingerprint density at radius 1 is 0.931 bits per heavy atom. The quantitative estimate of drug-likeness (QED) is 0.381. The maximum absolute atomic E-state index is 9.92. The van der Waals surface area contributed by atoms with Crippen LogP contribution in [0.5, 0.6) is 11.5 Å². The molecule has 0 amide bonds. The van der Waals surface area contributed by atoms with E-state index < -0.39 is 0 Å². The molecule has 0 saturated heterocycles. The lowest BCUT2D eigenvalue weighted by atomic mass is 9.85. The Balaban J connectivity index is 1.64. The summed E-state index contributed by atoms with van der Waals surface area (Å²) in [5.41, 5.74) is 2.12. The van der Waals surface area contributed by atoms with E-state index in [0.717, 1.165) is 48.3 Å². The molecule has 1 aromatic rings. The highest BCUT2D eigenvalue weighted by Gasteiger charge is 2.32. The van der Waals surface area contributed by atoms with Crippen molar-refractivity contribution in [2.45, 2.75) is 118 Å². The highest BCUT2D eigenvalue weighted by molar-refractivity contribution is 5.48. The van der Waals surface area contributed by atoms with Gasteiger partial charge in [-0.1, -0.05) is 72.6 Å². The molecule has 2 rings (SSSR count). The lowest BCUT2D eigenvalue weighted by molar-refractivity contribution is 0.0521. The number of phenols is 1. The zero-order valence-electron chi connectivity index (χ0n) is 20.0. The lowest BCUT2D eigenvalue weighted by Crippen LogP contribution is -2.36. The third kappa shape index (κ3) is 7.87. The van der Waals surface area contributed by atoms with Crippen molar-refractivity contribution in [2.75, 3.05) is 0 Å². The monoisotopic (exact) mass is 402 g/mol. The van der Waals surface area contributed by atoms with E-state index in [9.17, 15) is 5.11 Å². The fourth-order valence-corrected chi connectivity index (χ4v) is 4.81. The van der Waals surface area contributed by atoms with Crippen LogP contribution in [0.4, 0.5) is 0 Å². The topological polar surface area (TPSA) is 29.5 Å². The standard InChI is InChI=1S/C27H46O2/c1-20(2)10-7-11-21(3)12-8-13-22(4)14-9-18-27(6)19-17-24-23(5)25(28)15-16-26(24)29-27/h15-16,20-22,28H,7-14,17-19H2,1-6H3. The smallest absolute Gasteiger partial charge is 0.123 e. The summed E-state index contributed by atoms with van der Waals surface area (Å²) in [6, 6.07) is 3.71. The summed E-state index contributed by atoms with van der Waals surface area (Å²) in [7, 11) is 0. The highest BCUT2D eigenvalue weighted by atomic mass is 16.5. The van der Waals surface area contributed by atoms with E-state index in [1.54, 1.807) is 6.07 Å². The van der Waals surface area contributed by atoms with Crippen LogP contribution in [0.3, 0.4) is 0 Å². The van der Waals surface area contributed by atoms with Gasteiger partial charge in [0.1, 0.15) is 17.1 Å². The molecule has 1 aliphatic rings. The molecule has 1 aromatic carbocycles. The molecule has 1 aliphatic heterocycles. The minimum absolute atomic E-state index is 0.0545. The summed E-state index contributed by atoms with van der Waals surface area (Å²) in [5, 5.41) is 9.92. The van der Waals surface area contributed by atoms with Gasteiger partial charge < -0.3 is 9.84 Å². The van der Waals surface area contributed by atoms with Crippen LogP contribution in [-0.2, 0) is 6.42 Å². The number of ether oxygens (including phenoxy) is 1. The molecule has 0 spiro atoms. The second-order valence-corrected chi connectivity index (χ2v) is 10.6. The number of benzene rings is 1. The Morgan fingerprint density at radius 3 is 2.14 bits per heavy atom. The first kappa shape index (κ1) is 24.1. The van der Waals surface area contributed by atoms with E-state index >= 15 is 0 Å². The predicted octanol–water partition coefficient (Wildman–Crippen LogP) is 8.22. The highest BCUT2D eigenvalue weighted by Crippen LogP contribution is 2.40. The van der Waals surface area contributed by atoms with Crippen molar-refractivity contribution in [1.82, 2.24) is 0 Å². The van der Waals surface area contributed by atoms with Gasteiger partial charge in [-0.15, -0.1) is 0 Å². The van der Waals surface area contributed by atoms with Crippen molar-refractivity contribution in [3.8, 4) is 11.5 Å². The van der Waals surface area contributed by atoms with Gasteiger partial charge in [0, 0.05) is 5.56 Å². The predicted molar refractivity (Wildman–Crippen MR) is 125 cm³/mol. The molecule has 1 N–H and O–H groups in total. The third-order valence-corrected chi connectivity index (χ3v) is 7.06. The molecule has 0 fully saturated rings. The van der Waals surface area contributed by atoms with Crippen molar-refractivity contribution >= 4 is 0 Å². The van der Waals surface area contributed by atoms with E-state index in [1.165, 1.54) is 56.9 Å². The van der Waals surface area contributed by atoms with E-state index in [4.69, 9.17) is 4.74 Å². The largest absolute Gasteiger partial charge is 0.508 e. The Labute approximate surface area is 180 Å². The van der Waals surface area contributed by atoms with Gasteiger partial charge in [-0.25, -0.2) is 0 Å². The first-order valence-corrected chi connectivity index (χ1v) is 12.2. The Hall–Kier alpha value is -1.18. The number of fused-ring (bicyclic) bond motifs is 1. The Morgan fingerprint density at radius 2 is 1.52 bits per heavy atom. The molecular weight excluding hydrogens is 356 g/mol. The van der Waals surface area contributed by atoms with Gasteiger partial charge in [-0.3, -0.25) is 0 Å². The minimum atomic E-state index is -0.0545. The molecule has 1 heterocycles. The average Bonchev–Trinajstić information content (AvgIpc) is 2.64. The van der Waals surface area contributed by atoms with Crippen LogP contribution in [-0.4, -0.2) is 10.7 Å². The molecule has 166 valence electrons. The molecule has 0 bridgehead atoms. The maximum Gasteiger partial charge on any atom is 0.123 e. The molecule has 2 nitrogen and oxygen atoms in total. The lowest BCUT2D eigenvalue weighted by Gasteiger charge is -2.37. The van der Waals surface area contributed by atoms with Crippen LogP contribution in [0, 0.1) is 24.7 Å². The average molecular weight is 403 g/mol. The van der Waals surface area contributed by atoms with Crippen molar-refractivity contribution in [2.24, 2.45) is 17.8 Å². The van der Waals surface area contributed by atoms with Crippen LogP contribution in [0.15, 0.2) is 12.1 Å². The minimum Gasteiger partial charge on any atom is -0.508 e. The van der Waals surface area contributed by atoms with E-state index in [1.807, 2.05) is 13.0 Å². The van der Waals surface area contributed by atoms with Gasteiger partial charge >= 0.3 is 0 Å². The van der Waals surface area contributed by atoms with Crippen LogP contribution < -0.4 is 4.74 Å². The van der Waals surface area contributed by atoms with Gasteiger partial charge in [0.25, 0.3) is 0 Å². The molecule has 0 aliphatic carbocycles. The van der Waals surface area contributed by atoms with Gasteiger partial charge in [0.05, 0.1) is 0 Å². The molecule has 29 heavy (non-hydrogen) atoms. The summed E-state index contributed by atoms with van der Waals surface area (Å²) in [6.07, 6.45) is 14.1. The van der Waals surface area contributed by atoms with Gasteiger partial charge in [0.2, 0.25) is 0 Å². The van der Waals surface area contributed by atoms with Gasteiger partial charge in [0.15, 0.2) is 0 Å². The van der Waals surface area contributed by atoms with Crippen LogP contribution in [0.25, 0.3) is 0 Å². The van der Waals surface area contributed by atoms with Crippen LogP contribution >= 0.6 is 0 Å². The second kappa shape index (κ2) is 11.3. The van der Waals surface area contributed by atoms with Gasteiger partial charge in [-0.05, 0) is 75.0 Å². The summed E-state index contributed by atoms with van der Waals surface area (Å²) in [5.74, 6) is 3.92. The number of phenolic OH excluding ortho intramolecular Hbond substituents is 1. The third-order valence-electron chi connectivity index (χ3n) is 7.06. The van der Waals surface area contributed by atoms with Crippen LogP contribution in [0.2, 0.25) is 0 Å². The molecule has 0 radical (unpaired) electrons. The molecule has 2 heteroatoms.